The molecule has 16 heavy (non-hydrogen) atoms. The number of aryl methyl sites for hydroxylation is 1. The molecule has 2 heterocycles. The summed E-state index contributed by atoms with van der Waals surface area (Å²) in [6.07, 6.45) is 7.47. The molecule has 0 saturated carbocycles. The Morgan fingerprint density at radius 3 is 2.69 bits per heavy atom. The first-order valence-corrected chi connectivity index (χ1v) is 5.11. The van der Waals surface area contributed by atoms with Gasteiger partial charge in [0.1, 0.15) is 11.5 Å². The predicted molar refractivity (Wildman–Crippen MR) is 59.8 cm³/mol. The van der Waals surface area contributed by atoms with E-state index in [1.165, 1.54) is 6.08 Å². The van der Waals surface area contributed by atoms with Crippen LogP contribution < -0.4 is 0 Å². The summed E-state index contributed by atoms with van der Waals surface area (Å²) in [6, 6.07) is 7.27. The van der Waals surface area contributed by atoms with Crippen molar-refractivity contribution in [3.8, 4) is 0 Å². The molecule has 82 valence electrons. The predicted octanol–water partition coefficient (Wildman–Crippen LogP) is 3.09. The van der Waals surface area contributed by atoms with Gasteiger partial charge in [0.25, 0.3) is 0 Å². The van der Waals surface area contributed by atoms with Gasteiger partial charge in [0.15, 0.2) is 5.78 Å². The van der Waals surface area contributed by atoms with Gasteiger partial charge in [0.05, 0.1) is 12.5 Å². The molecule has 2 aromatic heterocycles. The maximum absolute atomic E-state index is 11.5. The van der Waals surface area contributed by atoms with Gasteiger partial charge >= 0.3 is 0 Å². The number of furan rings is 2. The molecule has 0 bridgehead atoms. The normalized spacial score (nSPS) is 11.0. The fraction of sp³-hybridized carbons (Fsp3) is 0.154. The van der Waals surface area contributed by atoms with E-state index in [9.17, 15) is 4.79 Å². The second-order valence-electron chi connectivity index (χ2n) is 3.39. The molecular weight excluding hydrogens is 204 g/mol. The van der Waals surface area contributed by atoms with E-state index in [0.717, 1.165) is 5.76 Å². The largest absolute Gasteiger partial charge is 0.469 e. The van der Waals surface area contributed by atoms with Gasteiger partial charge in [-0.05, 0) is 36.4 Å². The molecule has 0 spiro atoms. The fourth-order valence-corrected chi connectivity index (χ4v) is 1.35. The molecule has 0 N–H and O–H groups in total. The van der Waals surface area contributed by atoms with Crippen LogP contribution in [-0.2, 0) is 11.2 Å². The minimum atomic E-state index is 0.0628. The van der Waals surface area contributed by atoms with Crippen LogP contribution in [0.5, 0.6) is 0 Å². The van der Waals surface area contributed by atoms with E-state index in [2.05, 4.69) is 0 Å². The van der Waals surface area contributed by atoms with Crippen LogP contribution in [0, 0.1) is 0 Å². The Kier molecular flexibility index (Phi) is 3.38. The molecule has 0 aliphatic carbocycles. The highest BCUT2D eigenvalue weighted by molar-refractivity contribution is 5.93. The standard InChI is InChI=1S/C13H12O3/c14-11(5-7-12-3-1-9-15-12)6-8-13-4-2-10-16-13/h1-5,7,9-10H,6,8H2. The highest BCUT2D eigenvalue weighted by Crippen LogP contribution is 2.06. The monoisotopic (exact) mass is 216 g/mol. The smallest absolute Gasteiger partial charge is 0.156 e. The van der Waals surface area contributed by atoms with Gasteiger partial charge in [-0.2, -0.15) is 0 Å². The first-order valence-electron chi connectivity index (χ1n) is 5.11. The molecule has 3 heteroatoms. The van der Waals surface area contributed by atoms with Crippen molar-refractivity contribution >= 4 is 11.9 Å². The van der Waals surface area contributed by atoms with Crippen molar-refractivity contribution in [3.63, 3.8) is 0 Å². The first kappa shape index (κ1) is 10.5. The van der Waals surface area contributed by atoms with Crippen LogP contribution in [-0.4, -0.2) is 5.78 Å². The zero-order chi connectivity index (χ0) is 11.2. The lowest BCUT2D eigenvalue weighted by molar-refractivity contribution is -0.114. The Morgan fingerprint density at radius 2 is 2.00 bits per heavy atom. The summed E-state index contributed by atoms with van der Waals surface area (Å²) in [7, 11) is 0. The molecule has 0 unspecified atom stereocenters. The number of rotatable bonds is 5. The average molecular weight is 216 g/mol. The highest BCUT2D eigenvalue weighted by Gasteiger charge is 2.00. The van der Waals surface area contributed by atoms with E-state index in [1.54, 1.807) is 30.7 Å². The van der Waals surface area contributed by atoms with Gasteiger partial charge in [-0.25, -0.2) is 0 Å². The summed E-state index contributed by atoms with van der Waals surface area (Å²) in [4.78, 5) is 11.5. The number of allylic oxidation sites excluding steroid dienone is 1. The van der Waals surface area contributed by atoms with Crippen LogP contribution in [0.2, 0.25) is 0 Å². The van der Waals surface area contributed by atoms with Gasteiger partial charge in [0, 0.05) is 12.8 Å². The van der Waals surface area contributed by atoms with Crippen LogP contribution in [0.4, 0.5) is 0 Å². The van der Waals surface area contributed by atoms with Crippen molar-refractivity contribution in [1.82, 2.24) is 0 Å². The van der Waals surface area contributed by atoms with E-state index in [0.29, 0.717) is 18.6 Å². The van der Waals surface area contributed by atoms with Gasteiger partial charge < -0.3 is 8.83 Å². The lowest BCUT2D eigenvalue weighted by Gasteiger charge is -1.92. The summed E-state index contributed by atoms with van der Waals surface area (Å²) >= 11 is 0. The van der Waals surface area contributed by atoms with Crippen molar-refractivity contribution in [2.45, 2.75) is 12.8 Å². The summed E-state index contributed by atoms with van der Waals surface area (Å²) in [5.74, 6) is 1.58. The number of carbonyl (C=O) groups excluding carboxylic acids is 1. The van der Waals surface area contributed by atoms with Crippen LogP contribution in [0.1, 0.15) is 17.9 Å². The van der Waals surface area contributed by atoms with E-state index in [-0.39, 0.29) is 5.78 Å². The molecule has 0 atom stereocenters. The van der Waals surface area contributed by atoms with E-state index < -0.39 is 0 Å². The summed E-state index contributed by atoms with van der Waals surface area (Å²) in [6.45, 7) is 0. The number of hydrogen-bond acceptors (Lipinski definition) is 3. The Labute approximate surface area is 93.4 Å². The maximum atomic E-state index is 11.5. The van der Waals surface area contributed by atoms with Crippen LogP contribution in [0.25, 0.3) is 6.08 Å². The lowest BCUT2D eigenvalue weighted by atomic mass is 10.2. The number of carbonyl (C=O) groups is 1. The van der Waals surface area contributed by atoms with Crippen LogP contribution >= 0.6 is 0 Å². The topological polar surface area (TPSA) is 43.4 Å². The summed E-state index contributed by atoms with van der Waals surface area (Å²) in [5.41, 5.74) is 0. The van der Waals surface area contributed by atoms with Crippen molar-refractivity contribution < 1.29 is 13.6 Å². The third-order valence-electron chi connectivity index (χ3n) is 2.17. The van der Waals surface area contributed by atoms with E-state index in [4.69, 9.17) is 8.83 Å². The number of hydrogen-bond donors (Lipinski definition) is 0. The molecule has 0 aliphatic heterocycles. The Hall–Kier alpha value is -2.03. The number of ketones is 1. The highest BCUT2D eigenvalue weighted by atomic mass is 16.3. The van der Waals surface area contributed by atoms with Gasteiger partial charge in [0.2, 0.25) is 0 Å². The van der Waals surface area contributed by atoms with Crippen LogP contribution in [0.3, 0.4) is 0 Å². The van der Waals surface area contributed by atoms with Gasteiger partial charge in [-0.1, -0.05) is 0 Å². The first-order chi connectivity index (χ1) is 7.84. The molecule has 3 nitrogen and oxygen atoms in total. The van der Waals surface area contributed by atoms with Crippen molar-refractivity contribution in [2.75, 3.05) is 0 Å². The molecule has 2 aromatic rings. The zero-order valence-electron chi connectivity index (χ0n) is 8.76. The van der Waals surface area contributed by atoms with Gasteiger partial charge in [-0.15, -0.1) is 0 Å². The van der Waals surface area contributed by atoms with Crippen molar-refractivity contribution in [3.05, 3.63) is 54.4 Å². The van der Waals surface area contributed by atoms with Crippen LogP contribution in [0.15, 0.2) is 51.7 Å². The summed E-state index contributed by atoms with van der Waals surface area (Å²) in [5, 5.41) is 0. The molecule has 0 fully saturated rings. The molecule has 0 aliphatic rings. The SMILES string of the molecule is O=C(C=Cc1ccco1)CCc1ccco1. The van der Waals surface area contributed by atoms with E-state index >= 15 is 0 Å². The second-order valence-corrected chi connectivity index (χ2v) is 3.39. The Balaban J connectivity index is 1.81. The molecular formula is C13H12O3. The van der Waals surface area contributed by atoms with Crippen molar-refractivity contribution in [2.24, 2.45) is 0 Å². The van der Waals surface area contributed by atoms with E-state index in [1.807, 2.05) is 12.1 Å². The summed E-state index contributed by atoms with van der Waals surface area (Å²) < 4.78 is 10.2. The third-order valence-corrected chi connectivity index (χ3v) is 2.17. The average Bonchev–Trinajstić information content (AvgIpc) is 2.96. The lowest BCUT2D eigenvalue weighted by Crippen LogP contribution is -1.94. The molecule has 0 radical (unpaired) electrons. The maximum Gasteiger partial charge on any atom is 0.156 e. The quantitative estimate of drug-likeness (QED) is 0.721. The third kappa shape index (κ3) is 2.98. The molecule has 0 amide bonds. The Bertz CT molecular complexity index is 449. The molecule has 2 rings (SSSR count). The zero-order valence-corrected chi connectivity index (χ0v) is 8.76. The molecule has 0 aromatic carbocycles. The second kappa shape index (κ2) is 5.16. The minimum Gasteiger partial charge on any atom is -0.469 e. The minimum absolute atomic E-state index is 0.0628. The fourth-order valence-electron chi connectivity index (χ4n) is 1.35. The Morgan fingerprint density at radius 1 is 1.19 bits per heavy atom. The van der Waals surface area contributed by atoms with Gasteiger partial charge in [-0.3, -0.25) is 4.79 Å². The van der Waals surface area contributed by atoms with Crippen molar-refractivity contribution in [1.29, 1.82) is 0 Å². The molecule has 0 saturated heterocycles.